The molecule has 1 amide bonds. The number of aryl methyl sites for hydroxylation is 1. The zero-order chi connectivity index (χ0) is 14.8. The number of benzene rings is 1. The Kier molecular flexibility index (Phi) is 3.71. The number of H-pyrrole nitrogens is 1. The lowest BCUT2D eigenvalue weighted by Crippen LogP contribution is -2.25. The number of hydrogen-bond donors (Lipinski definition) is 2. The maximum atomic E-state index is 11.8. The molecule has 4 nitrogen and oxygen atoms in total. The predicted octanol–water partition coefficient (Wildman–Crippen LogP) is 3.70. The molecule has 2 aromatic heterocycles. The molecule has 0 aliphatic heterocycles. The maximum Gasteiger partial charge on any atom is 0.286 e. The van der Waals surface area contributed by atoms with Crippen LogP contribution in [0.3, 0.4) is 0 Å². The average Bonchev–Trinajstić information content (AvgIpc) is 3.08. The minimum Gasteiger partial charge on any atom is -0.459 e. The van der Waals surface area contributed by atoms with Gasteiger partial charge < -0.3 is 14.7 Å². The molecule has 0 aliphatic carbocycles. The molecule has 0 radical (unpaired) electrons. The van der Waals surface area contributed by atoms with Crippen LogP contribution in [0.15, 0.2) is 41.0 Å². The lowest BCUT2D eigenvalue weighted by Gasteiger charge is -2.04. The molecule has 5 heteroatoms. The van der Waals surface area contributed by atoms with Gasteiger partial charge in [0.2, 0.25) is 0 Å². The summed E-state index contributed by atoms with van der Waals surface area (Å²) in [5.74, 6) is 0.129. The van der Waals surface area contributed by atoms with Crippen LogP contribution in [-0.2, 0) is 6.42 Å². The molecule has 108 valence electrons. The van der Waals surface area contributed by atoms with E-state index in [2.05, 4.69) is 10.3 Å². The summed E-state index contributed by atoms with van der Waals surface area (Å²) >= 11 is 6.06. The number of rotatable bonds is 4. The smallest absolute Gasteiger partial charge is 0.286 e. The van der Waals surface area contributed by atoms with E-state index >= 15 is 0 Å². The van der Waals surface area contributed by atoms with E-state index in [1.165, 1.54) is 11.8 Å². The van der Waals surface area contributed by atoms with Crippen LogP contribution >= 0.6 is 11.6 Å². The number of amides is 1. The van der Waals surface area contributed by atoms with Crippen LogP contribution in [0.5, 0.6) is 0 Å². The predicted molar refractivity (Wildman–Crippen MR) is 82.8 cm³/mol. The Labute approximate surface area is 127 Å². The van der Waals surface area contributed by atoms with Gasteiger partial charge in [-0.2, -0.15) is 0 Å². The van der Waals surface area contributed by atoms with Crippen molar-refractivity contribution in [3.05, 3.63) is 58.6 Å². The summed E-state index contributed by atoms with van der Waals surface area (Å²) in [6.45, 7) is 2.57. The lowest BCUT2D eigenvalue weighted by atomic mass is 10.1. The first-order valence-electron chi connectivity index (χ1n) is 6.73. The Balaban J connectivity index is 1.72. The molecule has 0 saturated carbocycles. The average molecular weight is 303 g/mol. The molecule has 0 atom stereocenters. The molecule has 2 N–H and O–H groups in total. The maximum absolute atomic E-state index is 11.8. The van der Waals surface area contributed by atoms with Gasteiger partial charge in [-0.25, -0.2) is 0 Å². The fourth-order valence-electron chi connectivity index (χ4n) is 2.47. The van der Waals surface area contributed by atoms with Crippen molar-refractivity contribution in [3.8, 4) is 0 Å². The number of carbonyl (C=O) groups excluding carboxylic acids is 1. The number of fused-ring (bicyclic) bond motifs is 1. The molecule has 0 aliphatic rings. The van der Waals surface area contributed by atoms with Crippen molar-refractivity contribution in [2.75, 3.05) is 6.54 Å². The van der Waals surface area contributed by atoms with Crippen LogP contribution in [0.25, 0.3) is 10.9 Å². The number of hydrogen-bond acceptors (Lipinski definition) is 2. The van der Waals surface area contributed by atoms with Crippen molar-refractivity contribution in [3.63, 3.8) is 0 Å². The molecular weight excluding hydrogens is 288 g/mol. The van der Waals surface area contributed by atoms with Crippen LogP contribution in [0.1, 0.15) is 21.8 Å². The number of furan rings is 1. The first-order valence-corrected chi connectivity index (χ1v) is 7.11. The Hall–Kier alpha value is -2.20. The number of nitrogens with one attached hydrogen (secondary N) is 2. The van der Waals surface area contributed by atoms with E-state index in [1.54, 1.807) is 12.1 Å². The Morgan fingerprint density at radius 3 is 3.00 bits per heavy atom. The van der Waals surface area contributed by atoms with Gasteiger partial charge in [-0.15, -0.1) is 0 Å². The van der Waals surface area contributed by atoms with Crippen molar-refractivity contribution in [1.82, 2.24) is 10.3 Å². The highest BCUT2D eigenvalue weighted by Crippen LogP contribution is 2.25. The van der Waals surface area contributed by atoms with Crippen molar-refractivity contribution >= 4 is 28.4 Å². The second-order valence-corrected chi connectivity index (χ2v) is 5.34. The third kappa shape index (κ3) is 2.81. The topological polar surface area (TPSA) is 58.0 Å². The summed E-state index contributed by atoms with van der Waals surface area (Å²) in [5, 5.41) is 4.66. The Bertz CT molecular complexity index is 775. The standard InChI is InChI=1S/C16H15ClN2O2/c1-10-12(13-9-11(17)4-5-14(13)19-10)6-7-18-16(20)15-3-2-8-21-15/h2-5,8-9,19H,6-7H2,1H3,(H,18,20). The van der Waals surface area contributed by atoms with E-state index in [0.717, 1.165) is 23.0 Å². The minimum atomic E-state index is -0.199. The van der Waals surface area contributed by atoms with Gasteiger partial charge in [-0.05, 0) is 49.2 Å². The van der Waals surface area contributed by atoms with E-state index in [4.69, 9.17) is 16.0 Å². The summed E-state index contributed by atoms with van der Waals surface area (Å²) in [7, 11) is 0. The SMILES string of the molecule is Cc1[nH]c2ccc(Cl)cc2c1CCNC(=O)c1ccco1. The highest BCUT2D eigenvalue weighted by Gasteiger charge is 2.11. The summed E-state index contributed by atoms with van der Waals surface area (Å²) in [6, 6.07) is 9.12. The fraction of sp³-hybridized carbons (Fsp3) is 0.188. The second-order valence-electron chi connectivity index (χ2n) is 4.90. The Morgan fingerprint density at radius 1 is 1.38 bits per heavy atom. The molecule has 0 fully saturated rings. The van der Waals surface area contributed by atoms with E-state index < -0.39 is 0 Å². The third-order valence-corrected chi connectivity index (χ3v) is 3.72. The largest absolute Gasteiger partial charge is 0.459 e. The fourth-order valence-corrected chi connectivity index (χ4v) is 2.64. The first-order chi connectivity index (χ1) is 10.1. The van der Waals surface area contributed by atoms with Crippen molar-refractivity contribution in [2.45, 2.75) is 13.3 Å². The Morgan fingerprint density at radius 2 is 2.24 bits per heavy atom. The molecule has 2 heterocycles. The molecule has 1 aromatic carbocycles. The quantitative estimate of drug-likeness (QED) is 0.772. The zero-order valence-electron chi connectivity index (χ0n) is 11.6. The van der Waals surface area contributed by atoms with Gasteiger partial charge in [0.25, 0.3) is 5.91 Å². The number of aromatic amines is 1. The summed E-state index contributed by atoms with van der Waals surface area (Å²) in [4.78, 5) is 15.1. The molecule has 21 heavy (non-hydrogen) atoms. The molecule has 0 unspecified atom stereocenters. The van der Waals surface area contributed by atoms with Crippen molar-refractivity contribution in [2.24, 2.45) is 0 Å². The highest BCUT2D eigenvalue weighted by molar-refractivity contribution is 6.31. The van der Waals surface area contributed by atoms with Crippen LogP contribution in [0.2, 0.25) is 5.02 Å². The summed E-state index contributed by atoms with van der Waals surface area (Å²) in [6.07, 6.45) is 2.22. The van der Waals surface area contributed by atoms with Crippen LogP contribution in [0.4, 0.5) is 0 Å². The van der Waals surface area contributed by atoms with Gasteiger partial charge in [0.15, 0.2) is 5.76 Å². The van der Waals surface area contributed by atoms with E-state index in [1.807, 2.05) is 25.1 Å². The van der Waals surface area contributed by atoms with Crippen molar-refractivity contribution in [1.29, 1.82) is 0 Å². The first kappa shape index (κ1) is 13.8. The molecular formula is C16H15ClN2O2. The molecule has 3 rings (SSSR count). The van der Waals surface area contributed by atoms with Gasteiger partial charge in [-0.1, -0.05) is 11.6 Å². The van der Waals surface area contributed by atoms with Gasteiger partial charge in [0.1, 0.15) is 0 Å². The van der Waals surface area contributed by atoms with E-state index in [-0.39, 0.29) is 5.91 Å². The van der Waals surface area contributed by atoms with Crippen LogP contribution in [-0.4, -0.2) is 17.4 Å². The summed E-state index contributed by atoms with van der Waals surface area (Å²) in [5.41, 5.74) is 3.33. The van der Waals surface area contributed by atoms with Gasteiger partial charge >= 0.3 is 0 Å². The normalized spacial score (nSPS) is 11.0. The second kappa shape index (κ2) is 5.66. The summed E-state index contributed by atoms with van der Waals surface area (Å²) < 4.78 is 5.06. The molecule has 0 bridgehead atoms. The van der Waals surface area contributed by atoms with Crippen molar-refractivity contribution < 1.29 is 9.21 Å². The van der Waals surface area contributed by atoms with E-state index in [0.29, 0.717) is 17.3 Å². The number of carbonyl (C=O) groups is 1. The van der Waals surface area contributed by atoms with Gasteiger partial charge in [0.05, 0.1) is 6.26 Å². The highest BCUT2D eigenvalue weighted by atomic mass is 35.5. The monoisotopic (exact) mass is 302 g/mol. The van der Waals surface area contributed by atoms with Crippen LogP contribution in [0, 0.1) is 6.92 Å². The number of aromatic nitrogens is 1. The van der Waals surface area contributed by atoms with Gasteiger partial charge in [0, 0.05) is 28.2 Å². The lowest BCUT2D eigenvalue weighted by molar-refractivity contribution is 0.0926. The third-order valence-electron chi connectivity index (χ3n) is 3.49. The molecule has 0 saturated heterocycles. The zero-order valence-corrected chi connectivity index (χ0v) is 12.3. The van der Waals surface area contributed by atoms with Crippen LogP contribution < -0.4 is 5.32 Å². The van der Waals surface area contributed by atoms with E-state index in [9.17, 15) is 4.79 Å². The number of halogens is 1. The minimum absolute atomic E-state index is 0.199. The molecule has 3 aromatic rings. The van der Waals surface area contributed by atoms with Gasteiger partial charge in [-0.3, -0.25) is 4.79 Å². The molecule has 0 spiro atoms.